The maximum atomic E-state index is 15.0. The molecule has 3 saturated heterocycles. The number of aliphatic hydroxyl groups excluding tert-OH is 1. The van der Waals surface area contributed by atoms with Gasteiger partial charge in [0, 0.05) is 71.3 Å². The van der Waals surface area contributed by atoms with Gasteiger partial charge in [0.2, 0.25) is 88.6 Å². The Morgan fingerprint density at radius 2 is 0.878 bits per heavy atom. The van der Waals surface area contributed by atoms with Crippen molar-refractivity contribution in [1.29, 1.82) is 21.6 Å². The van der Waals surface area contributed by atoms with Gasteiger partial charge in [-0.1, -0.05) is 44.2 Å². The molecule has 50 heteroatoms. The Labute approximate surface area is 763 Å². The van der Waals surface area contributed by atoms with Gasteiger partial charge in [-0.2, -0.15) is 11.8 Å². The largest absolute Gasteiger partial charge is 0.480 e. The zero-order valence-corrected chi connectivity index (χ0v) is 75.2. The molecule has 0 aliphatic carbocycles. The number of hydrogen-bond donors (Lipinski definition) is 29. The van der Waals surface area contributed by atoms with Crippen molar-refractivity contribution in [1.82, 2.24) is 104 Å². The Bertz CT molecular complexity index is 4190. The fraction of sp³-hybridized carbons (Fsp3) is 0.642. The molecular weight excluding hydrogens is 1730 g/mol. The number of benzene rings is 1. The Morgan fingerprint density at radius 3 is 1.36 bits per heavy atom. The summed E-state index contributed by atoms with van der Waals surface area (Å²) in [7, 11) is 0. The molecule has 728 valence electrons. The van der Waals surface area contributed by atoms with Crippen LogP contribution in [0.3, 0.4) is 0 Å². The minimum absolute atomic E-state index is 0.000925. The fourth-order valence-corrected chi connectivity index (χ4v) is 15.6. The van der Waals surface area contributed by atoms with Crippen LogP contribution in [0.25, 0.3) is 0 Å². The number of carboxylic acids is 1. The molecule has 49 nitrogen and oxygen atoms in total. The van der Waals surface area contributed by atoms with Gasteiger partial charge in [0.05, 0.1) is 31.2 Å². The molecule has 5 rings (SSSR count). The average molecular weight is 1860 g/mol. The van der Waals surface area contributed by atoms with Crippen LogP contribution in [0.2, 0.25) is 0 Å². The van der Waals surface area contributed by atoms with Crippen LogP contribution in [0.4, 0.5) is 0 Å². The molecule has 4 heterocycles. The maximum Gasteiger partial charge on any atom is 0.326 e. The van der Waals surface area contributed by atoms with Crippen LogP contribution < -0.4 is 120 Å². The number of H-pyrrole nitrogens is 1. The third-order valence-electron chi connectivity index (χ3n) is 21.9. The lowest BCUT2D eigenvalue weighted by atomic mass is 10.0. The number of nitrogens with one attached hydrogen (secondary N) is 20. The molecule has 0 spiro atoms. The number of carboxylic acid groups (broad SMARTS) is 1. The van der Waals surface area contributed by atoms with Crippen LogP contribution in [0.5, 0.6) is 0 Å². The molecule has 131 heavy (non-hydrogen) atoms. The van der Waals surface area contributed by atoms with Gasteiger partial charge in [-0.25, -0.2) is 9.78 Å². The number of aromatic nitrogens is 2. The molecule has 3 aliphatic rings. The van der Waals surface area contributed by atoms with E-state index in [1.54, 1.807) is 44.2 Å². The summed E-state index contributed by atoms with van der Waals surface area (Å²) in [6, 6.07) is -10.7. The lowest BCUT2D eigenvalue weighted by Gasteiger charge is -2.31. The standard InChI is InChI=1S/C81H135N31O18S/c1-45(2)38-55(106-67(119)51(21-11-32-96-80(89)90)103-73(125)60-24-14-35-111(60)75(127)53(22-12-33-97-81(91)92)104-68(120)52(26-27-62(84)114)102-66(118)50(20-10-31-95-79(87)88)100-64(116)48(83)18-9-30-94-78(85)86)69(121)109-58(43-113)71(123)107-56(40-47-41-93-44-99-47)70(122)101-49(19-7-8-29-82)65(117)98-42-63(115)110-34-13-23-59(110)72(124)105-54(28-37-131-3)76(128)112-36-15-25-61(112)74(126)108-57(77(129)130)39-46-16-5-4-6-17-46/h4-6,16-17,41,44-45,48-61,113H,7-15,18-40,42-43,82-83H2,1-3H3,(H2,84,114)(H,93,99)(H,98,117)(H,100,116)(H,101,122)(H,102,118)(H,103,125)(H,104,120)(H,105,124)(H,106,119)(H,107,123)(H,108,126)(H,109,121)(H,129,130)(H4,85,86,94)(H4,87,88,95)(H4,89,90,96)(H4,91,92,97)/t48-,49-,50-,51-,52-,53-,54-,55-,56-,57-,58-,59-,60-,61-/m0/s1. The van der Waals surface area contributed by atoms with Crippen molar-refractivity contribution >= 4 is 130 Å². The number of nitrogens with two attached hydrogens (primary N) is 7. The third-order valence-corrected chi connectivity index (χ3v) is 22.6. The Hall–Kier alpha value is -12.7. The van der Waals surface area contributed by atoms with Crippen molar-refractivity contribution < 1.29 is 86.9 Å². The molecule has 36 N–H and O–H groups in total. The van der Waals surface area contributed by atoms with E-state index >= 15 is 4.79 Å². The van der Waals surface area contributed by atoms with Gasteiger partial charge in [0.15, 0.2) is 23.8 Å². The average Bonchev–Trinajstić information content (AvgIpc) is 1.71. The molecule has 1 aromatic heterocycles. The molecule has 2 aromatic rings. The van der Waals surface area contributed by atoms with Crippen LogP contribution in [0, 0.1) is 27.6 Å². The number of aliphatic carboxylic acids is 1. The molecule has 15 amide bonds. The summed E-state index contributed by atoms with van der Waals surface area (Å²) in [6.07, 6.45) is 5.54. The number of imidazole rings is 1. The molecule has 0 saturated carbocycles. The monoisotopic (exact) mass is 1860 g/mol. The van der Waals surface area contributed by atoms with Crippen LogP contribution >= 0.6 is 11.8 Å². The molecule has 1 aromatic carbocycles. The van der Waals surface area contributed by atoms with Crippen LogP contribution in [-0.2, 0) is 89.6 Å². The van der Waals surface area contributed by atoms with E-state index in [-0.39, 0.29) is 185 Å². The van der Waals surface area contributed by atoms with Gasteiger partial charge >= 0.3 is 5.97 Å². The van der Waals surface area contributed by atoms with Crippen molar-refractivity contribution in [2.24, 2.45) is 46.1 Å². The number of primary amides is 1. The minimum Gasteiger partial charge on any atom is -0.480 e. The van der Waals surface area contributed by atoms with Crippen molar-refractivity contribution in [2.75, 3.05) is 77.5 Å². The molecule has 0 radical (unpaired) electrons. The molecule has 3 fully saturated rings. The highest BCUT2D eigenvalue weighted by Gasteiger charge is 2.44. The number of thioether (sulfide) groups is 1. The fourth-order valence-electron chi connectivity index (χ4n) is 15.1. The first kappa shape index (κ1) is 109. The summed E-state index contributed by atoms with van der Waals surface area (Å²) in [5.74, 6) is -15.5. The summed E-state index contributed by atoms with van der Waals surface area (Å²) >= 11 is 1.41. The number of rotatable bonds is 59. The number of guanidine groups is 4. The molecular formula is C81H135N31O18S. The summed E-state index contributed by atoms with van der Waals surface area (Å²) in [5, 5.41) is 90.4. The van der Waals surface area contributed by atoms with E-state index < -0.39 is 217 Å². The van der Waals surface area contributed by atoms with E-state index in [4.69, 9.17) is 61.8 Å². The molecule has 3 aliphatic heterocycles. The van der Waals surface area contributed by atoms with Crippen molar-refractivity contribution in [3.8, 4) is 0 Å². The Balaban J connectivity index is 1.31. The van der Waals surface area contributed by atoms with E-state index in [0.29, 0.717) is 37.0 Å². The van der Waals surface area contributed by atoms with Crippen LogP contribution in [0.1, 0.15) is 160 Å². The molecule has 0 bridgehead atoms. The van der Waals surface area contributed by atoms with Gasteiger partial charge in [0.1, 0.15) is 78.5 Å². The number of aromatic amines is 1. The third kappa shape index (κ3) is 38.5. The highest BCUT2D eigenvalue weighted by atomic mass is 32.2. The predicted octanol–water partition coefficient (Wildman–Crippen LogP) is -8.22. The highest BCUT2D eigenvalue weighted by molar-refractivity contribution is 7.98. The topological polar surface area (TPSA) is 810 Å². The SMILES string of the molecule is CSCC[C@H](NC(=O)[C@@H]1CCCN1C(=O)CNC(=O)[C@H](CCCCN)NC(=O)[C@H](Cc1c[nH]cn1)NC(=O)[C@H](CO)NC(=O)[C@H](CC(C)C)NC(=O)[C@H](CCCNC(=N)N)NC(=O)[C@@H]1CCCN1C(=O)[C@H](CCCNC(=N)N)NC(=O)[C@H](CCC(N)=O)NC(=O)[C@H](CCCNC(=N)N)NC(=O)[C@@H](N)CCCNC(=N)N)C(=O)N1CCC[C@H]1C(=O)N[C@@H](Cc1ccccc1)C(=O)O. The second kappa shape index (κ2) is 57.3. The zero-order chi connectivity index (χ0) is 96.8. The number of likely N-dealkylation sites (tertiary alicyclic amines) is 3. The Morgan fingerprint density at radius 1 is 0.473 bits per heavy atom. The quantitative estimate of drug-likeness (QED) is 0.0166. The maximum absolute atomic E-state index is 15.0. The molecule has 0 unspecified atom stereocenters. The van der Waals surface area contributed by atoms with Gasteiger partial charge in [-0.05, 0) is 158 Å². The second-order valence-electron chi connectivity index (χ2n) is 32.7. The predicted molar refractivity (Wildman–Crippen MR) is 482 cm³/mol. The van der Waals surface area contributed by atoms with E-state index in [1.807, 2.05) is 6.26 Å². The van der Waals surface area contributed by atoms with E-state index in [2.05, 4.69) is 89.7 Å². The molecule has 14 atom stereocenters. The second-order valence-corrected chi connectivity index (χ2v) is 33.7. The summed E-state index contributed by atoms with van der Waals surface area (Å²) in [4.78, 5) is 237. The highest BCUT2D eigenvalue weighted by Crippen LogP contribution is 2.25. The van der Waals surface area contributed by atoms with E-state index in [0.717, 1.165) is 0 Å². The smallest absolute Gasteiger partial charge is 0.326 e. The summed E-state index contributed by atoms with van der Waals surface area (Å²) in [5.41, 5.74) is 40.4. The lowest BCUT2D eigenvalue weighted by molar-refractivity contribution is -0.145. The van der Waals surface area contributed by atoms with Crippen LogP contribution in [0.15, 0.2) is 42.9 Å². The number of aliphatic hydroxyl groups is 1. The van der Waals surface area contributed by atoms with Crippen LogP contribution in [-0.4, -0.2) is 315 Å². The number of unbranched alkanes of at least 4 members (excludes halogenated alkanes) is 1. The van der Waals surface area contributed by atoms with E-state index in [9.17, 15) is 82.1 Å². The Kier molecular flexibility index (Phi) is 47.6. The summed E-state index contributed by atoms with van der Waals surface area (Å²) in [6.45, 7) is 2.32. The van der Waals surface area contributed by atoms with Crippen molar-refractivity contribution in [2.45, 2.75) is 246 Å². The van der Waals surface area contributed by atoms with Gasteiger partial charge in [-0.15, -0.1) is 0 Å². The first-order chi connectivity index (χ1) is 62.4. The lowest BCUT2D eigenvalue weighted by Crippen LogP contribution is -2.61. The summed E-state index contributed by atoms with van der Waals surface area (Å²) < 4.78 is 0. The zero-order valence-electron chi connectivity index (χ0n) is 74.4. The van der Waals surface area contributed by atoms with Gasteiger partial charge in [-0.3, -0.25) is 93.6 Å². The van der Waals surface area contributed by atoms with Crippen molar-refractivity contribution in [3.63, 3.8) is 0 Å². The first-order valence-electron chi connectivity index (χ1n) is 44.0. The number of amides is 15. The number of hydrogen-bond acceptors (Lipinski definition) is 25. The number of carbonyl (C=O) groups is 16. The normalized spacial score (nSPS) is 17.1. The van der Waals surface area contributed by atoms with Crippen molar-refractivity contribution in [3.05, 3.63) is 54.1 Å². The number of carbonyl (C=O) groups excluding carboxylic acids is 15. The van der Waals surface area contributed by atoms with Gasteiger partial charge in [0.25, 0.3) is 0 Å². The van der Waals surface area contributed by atoms with Gasteiger partial charge < -0.3 is 150 Å². The number of nitrogens with zero attached hydrogens (tertiary/aromatic N) is 4. The first-order valence-corrected chi connectivity index (χ1v) is 45.4. The van der Waals surface area contributed by atoms with E-state index in [1.165, 1.54) is 39.0 Å². The minimum atomic E-state index is -1.84.